The van der Waals surface area contributed by atoms with E-state index in [0.717, 1.165) is 25.9 Å². The molecule has 0 bridgehead atoms. The Morgan fingerprint density at radius 1 is 0.917 bits per heavy atom. The summed E-state index contributed by atoms with van der Waals surface area (Å²) in [6, 6.07) is 1.46. The third kappa shape index (κ3) is 3.56. The molecule has 0 saturated carbocycles. The average Bonchev–Trinajstić information content (AvgIpc) is 2.63. The molecular formula is C16H21ClN4O3. The summed E-state index contributed by atoms with van der Waals surface area (Å²) < 4.78 is 0. The van der Waals surface area contributed by atoms with Crippen LogP contribution < -0.4 is 5.56 Å². The first kappa shape index (κ1) is 16.8. The predicted octanol–water partition coefficient (Wildman–Crippen LogP) is 1.39. The lowest BCUT2D eigenvalue weighted by Gasteiger charge is -2.38. The number of aromatic nitrogens is 1. The third-order valence-corrected chi connectivity index (χ3v) is 4.85. The number of H-pyrrole nitrogens is 1. The highest BCUT2D eigenvalue weighted by atomic mass is 35.5. The maximum Gasteiger partial charge on any atom is 0.320 e. The Kier molecular flexibility index (Phi) is 5.08. The summed E-state index contributed by atoms with van der Waals surface area (Å²) in [4.78, 5) is 44.1. The number of amides is 3. The second-order valence-electron chi connectivity index (χ2n) is 6.17. The molecule has 2 aliphatic heterocycles. The molecule has 8 heteroatoms. The maximum absolute atomic E-state index is 12.5. The number of carbonyl (C=O) groups is 2. The van der Waals surface area contributed by atoms with Crippen molar-refractivity contribution in [1.29, 1.82) is 0 Å². The fourth-order valence-electron chi connectivity index (χ4n) is 3.15. The van der Waals surface area contributed by atoms with E-state index in [1.54, 1.807) is 4.90 Å². The molecule has 0 aliphatic carbocycles. The van der Waals surface area contributed by atoms with Gasteiger partial charge in [0.05, 0.1) is 5.56 Å². The Bertz CT molecular complexity index is 676. The van der Waals surface area contributed by atoms with Gasteiger partial charge in [-0.15, -0.1) is 0 Å². The molecule has 2 fully saturated rings. The van der Waals surface area contributed by atoms with Crippen LogP contribution in [-0.2, 0) is 0 Å². The minimum atomic E-state index is -0.412. The summed E-state index contributed by atoms with van der Waals surface area (Å²) in [6.07, 6.45) is 4.70. The number of hydrogen-bond donors (Lipinski definition) is 1. The van der Waals surface area contributed by atoms with Gasteiger partial charge in [-0.2, -0.15) is 0 Å². The van der Waals surface area contributed by atoms with Gasteiger partial charge in [-0.25, -0.2) is 4.79 Å². The van der Waals surface area contributed by atoms with E-state index in [2.05, 4.69) is 4.98 Å². The van der Waals surface area contributed by atoms with Gasteiger partial charge >= 0.3 is 6.03 Å². The molecule has 0 radical (unpaired) electrons. The van der Waals surface area contributed by atoms with Gasteiger partial charge in [-0.3, -0.25) is 9.59 Å². The highest BCUT2D eigenvalue weighted by Crippen LogP contribution is 2.14. The van der Waals surface area contributed by atoms with Crippen LogP contribution in [0.15, 0.2) is 17.1 Å². The standard InChI is InChI=1S/C16H21ClN4O3/c17-13-10-12(11-18-14(13)22)15(23)19-6-8-21(9-7-19)16(24)20-4-2-1-3-5-20/h10-11H,1-9H2,(H,18,22). The van der Waals surface area contributed by atoms with E-state index in [4.69, 9.17) is 11.6 Å². The molecule has 1 aromatic heterocycles. The minimum absolute atomic E-state index is 0.000220. The highest BCUT2D eigenvalue weighted by Gasteiger charge is 2.28. The number of rotatable bonds is 1. The molecule has 7 nitrogen and oxygen atoms in total. The molecule has 2 saturated heterocycles. The Morgan fingerprint density at radius 2 is 1.50 bits per heavy atom. The van der Waals surface area contributed by atoms with E-state index >= 15 is 0 Å². The topological polar surface area (TPSA) is 76.7 Å². The normalized spacial score (nSPS) is 18.6. The molecule has 3 heterocycles. The van der Waals surface area contributed by atoms with E-state index in [1.807, 2.05) is 9.80 Å². The van der Waals surface area contributed by atoms with Crippen molar-refractivity contribution in [2.75, 3.05) is 39.3 Å². The largest absolute Gasteiger partial charge is 0.335 e. The van der Waals surface area contributed by atoms with Crippen molar-refractivity contribution < 1.29 is 9.59 Å². The van der Waals surface area contributed by atoms with Crippen molar-refractivity contribution >= 4 is 23.5 Å². The molecule has 3 rings (SSSR count). The Morgan fingerprint density at radius 3 is 2.12 bits per heavy atom. The summed E-state index contributed by atoms with van der Waals surface area (Å²) in [5, 5.41) is -0.000220. The number of piperazine rings is 1. The van der Waals surface area contributed by atoms with Crippen molar-refractivity contribution in [3.8, 4) is 0 Å². The highest BCUT2D eigenvalue weighted by molar-refractivity contribution is 6.30. The van der Waals surface area contributed by atoms with Crippen LogP contribution in [0.4, 0.5) is 4.79 Å². The average molecular weight is 353 g/mol. The molecular weight excluding hydrogens is 332 g/mol. The van der Waals surface area contributed by atoms with Gasteiger partial charge in [0.15, 0.2) is 0 Å². The van der Waals surface area contributed by atoms with Gasteiger partial charge in [0.2, 0.25) is 0 Å². The number of likely N-dealkylation sites (tertiary alicyclic amines) is 1. The Labute approximate surface area is 145 Å². The van der Waals surface area contributed by atoms with E-state index in [-0.39, 0.29) is 17.0 Å². The van der Waals surface area contributed by atoms with Crippen LogP contribution in [0.25, 0.3) is 0 Å². The molecule has 2 aliphatic rings. The molecule has 130 valence electrons. The molecule has 1 N–H and O–H groups in total. The number of carbonyl (C=O) groups excluding carboxylic acids is 2. The third-order valence-electron chi connectivity index (χ3n) is 4.57. The maximum atomic E-state index is 12.5. The number of piperidine rings is 1. The van der Waals surface area contributed by atoms with Crippen LogP contribution in [0.3, 0.4) is 0 Å². The molecule has 0 aromatic carbocycles. The predicted molar refractivity (Wildman–Crippen MR) is 90.4 cm³/mol. The van der Waals surface area contributed by atoms with E-state index in [9.17, 15) is 14.4 Å². The lowest BCUT2D eigenvalue weighted by molar-refractivity contribution is 0.0632. The zero-order valence-electron chi connectivity index (χ0n) is 13.5. The number of nitrogens with one attached hydrogen (secondary N) is 1. The number of halogens is 1. The van der Waals surface area contributed by atoms with Gasteiger partial charge in [0.1, 0.15) is 5.02 Å². The molecule has 24 heavy (non-hydrogen) atoms. The SMILES string of the molecule is O=C(c1c[nH]c(=O)c(Cl)c1)N1CCN(C(=O)N2CCCCC2)CC1. The second-order valence-corrected chi connectivity index (χ2v) is 6.58. The fraction of sp³-hybridized carbons (Fsp3) is 0.562. The van der Waals surface area contributed by atoms with Gasteiger partial charge in [0.25, 0.3) is 11.5 Å². The smallest absolute Gasteiger partial charge is 0.320 e. The first-order chi connectivity index (χ1) is 11.6. The number of nitrogens with zero attached hydrogens (tertiary/aromatic N) is 3. The summed E-state index contributed by atoms with van der Waals surface area (Å²) in [7, 11) is 0. The van der Waals surface area contributed by atoms with Crippen LogP contribution in [0.2, 0.25) is 5.02 Å². The quantitative estimate of drug-likeness (QED) is 0.829. The zero-order valence-corrected chi connectivity index (χ0v) is 14.2. The second kappa shape index (κ2) is 7.25. The minimum Gasteiger partial charge on any atom is -0.335 e. The Hall–Kier alpha value is -2.02. The number of pyridine rings is 1. The van der Waals surface area contributed by atoms with Crippen molar-refractivity contribution in [1.82, 2.24) is 19.7 Å². The summed E-state index contributed by atoms with van der Waals surface area (Å²) >= 11 is 5.77. The van der Waals surface area contributed by atoms with E-state index in [0.29, 0.717) is 31.7 Å². The number of aromatic amines is 1. The van der Waals surface area contributed by atoms with E-state index in [1.165, 1.54) is 18.7 Å². The van der Waals surface area contributed by atoms with Crippen LogP contribution >= 0.6 is 11.6 Å². The van der Waals surface area contributed by atoms with Crippen molar-refractivity contribution in [2.45, 2.75) is 19.3 Å². The molecule has 3 amide bonds. The van der Waals surface area contributed by atoms with Crippen molar-refractivity contribution in [3.63, 3.8) is 0 Å². The summed E-state index contributed by atoms with van der Waals surface area (Å²) in [5.74, 6) is -0.182. The summed E-state index contributed by atoms with van der Waals surface area (Å²) in [6.45, 7) is 3.67. The first-order valence-corrected chi connectivity index (χ1v) is 8.65. The molecule has 0 atom stereocenters. The molecule has 0 unspecified atom stereocenters. The Balaban J connectivity index is 1.58. The fourth-order valence-corrected chi connectivity index (χ4v) is 3.32. The van der Waals surface area contributed by atoms with Gasteiger partial charge in [-0.05, 0) is 25.3 Å². The van der Waals surface area contributed by atoms with Gasteiger partial charge in [0, 0.05) is 45.5 Å². The first-order valence-electron chi connectivity index (χ1n) is 8.27. The lowest BCUT2D eigenvalue weighted by atomic mass is 10.1. The lowest BCUT2D eigenvalue weighted by Crippen LogP contribution is -2.54. The van der Waals surface area contributed by atoms with Gasteiger partial charge < -0.3 is 19.7 Å². The van der Waals surface area contributed by atoms with Crippen LogP contribution in [-0.4, -0.2) is 70.9 Å². The van der Waals surface area contributed by atoms with Crippen molar-refractivity contribution in [3.05, 3.63) is 33.2 Å². The summed E-state index contributed by atoms with van der Waals surface area (Å²) in [5.41, 5.74) is -0.0550. The number of urea groups is 1. The monoisotopic (exact) mass is 352 g/mol. The van der Waals surface area contributed by atoms with Crippen molar-refractivity contribution in [2.24, 2.45) is 0 Å². The van der Waals surface area contributed by atoms with E-state index < -0.39 is 5.56 Å². The number of hydrogen-bond acceptors (Lipinski definition) is 3. The van der Waals surface area contributed by atoms with Crippen LogP contribution in [0.5, 0.6) is 0 Å². The molecule has 0 spiro atoms. The van der Waals surface area contributed by atoms with Crippen LogP contribution in [0, 0.1) is 0 Å². The molecule has 1 aromatic rings. The zero-order chi connectivity index (χ0) is 17.1. The van der Waals surface area contributed by atoms with Gasteiger partial charge in [-0.1, -0.05) is 11.6 Å². The van der Waals surface area contributed by atoms with Crippen LogP contribution in [0.1, 0.15) is 29.6 Å².